The lowest BCUT2D eigenvalue weighted by molar-refractivity contribution is -0.150. The maximum atomic E-state index is 16.3. The number of unbranched alkanes of at least 4 members (excludes halogenated alkanes) is 2. The fourth-order valence-corrected chi connectivity index (χ4v) is 8.58. The van der Waals surface area contributed by atoms with Crippen molar-refractivity contribution in [1.29, 1.82) is 0 Å². The minimum atomic E-state index is -1.17. The highest BCUT2D eigenvalue weighted by Gasteiger charge is 2.35. The Balaban J connectivity index is 1.76. The number of esters is 4. The molecular weight excluding hydrogens is 874 g/mol. The molecule has 374 valence electrons. The largest absolute Gasteiger partial charge is 0.492 e. The highest BCUT2D eigenvalue weighted by atomic mass is 19.1. The van der Waals surface area contributed by atoms with E-state index in [2.05, 4.69) is 52.3 Å². The first kappa shape index (κ1) is 55.8. The van der Waals surface area contributed by atoms with Gasteiger partial charge < -0.3 is 29.4 Å². The summed E-state index contributed by atoms with van der Waals surface area (Å²) in [6.45, 7) is 24.9. The zero-order valence-electron chi connectivity index (χ0n) is 42.2. The van der Waals surface area contributed by atoms with Crippen molar-refractivity contribution < 1.29 is 47.3 Å². The highest BCUT2D eigenvalue weighted by Crippen LogP contribution is 2.41. The fourth-order valence-electron chi connectivity index (χ4n) is 8.58. The Bertz CT molecular complexity index is 2290. The predicted molar refractivity (Wildman–Crippen MR) is 272 cm³/mol. The van der Waals surface area contributed by atoms with Crippen LogP contribution < -0.4 is 10.5 Å². The van der Waals surface area contributed by atoms with E-state index in [1.165, 1.54) is 52.4 Å². The number of nitrogens with two attached hydrogens (primary N) is 1. The first-order valence-electron chi connectivity index (χ1n) is 24.6. The molecule has 0 saturated heterocycles. The molecule has 0 bridgehead atoms. The van der Waals surface area contributed by atoms with Crippen LogP contribution in [0.1, 0.15) is 134 Å². The Labute approximate surface area is 410 Å². The van der Waals surface area contributed by atoms with Crippen molar-refractivity contribution in [2.24, 2.45) is 17.1 Å². The standard InChI is InChI=1S/C58H76FNO9/c1-11-13-14-17-42-20-22-44(23-21-42)45-24-27-50(52(59)32-45)49-26-25-47(30-43(49)12-2)51-31-48(19-16-29-66-55(62)39(5)6)53(33-46(51)18-15-28-65-54(61)38(3)4)67-35-58(34-60,36-68-56(63)40(7)8)37-69-57(64)41(9)10/h24-27,30-33,42,44H,3,5,7,9,11-23,28-29,34-37,60H2,1-2,4,6,8,10H3. The Morgan fingerprint density at radius 3 is 1.70 bits per heavy atom. The van der Waals surface area contributed by atoms with Crippen LogP contribution in [0.15, 0.2) is 97.1 Å². The van der Waals surface area contributed by atoms with Gasteiger partial charge in [-0.25, -0.2) is 23.6 Å². The maximum Gasteiger partial charge on any atom is 0.333 e. The number of carbonyl (C=O) groups excluding carboxylic acids is 4. The summed E-state index contributed by atoms with van der Waals surface area (Å²) in [6.07, 6.45) is 12.2. The SMILES string of the molecule is C=C(C)C(=O)OCCCc1cc(-c2ccc(-c3ccc(C4CCC(CCCCC)CC4)cc3F)c(CC)c2)c(CCCOC(=O)C(=C)C)cc1OCC(CN)(COC(=O)C(=C)C)COC(=O)C(=C)C. The molecule has 3 aromatic rings. The normalized spacial score (nSPS) is 14.6. The monoisotopic (exact) mass is 950 g/mol. The first-order chi connectivity index (χ1) is 32.9. The highest BCUT2D eigenvalue weighted by molar-refractivity contribution is 5.88. The Kier molecular flexibility index (Phi) is 22.1. The molecule has 1 saturated carbocycles. The van der Waals surface area contributed by atoms with Crippen LogP contribution in [0.2, 0.25) is 0 Å². The van der Waals surface area contributed by atoms with Gasteiger partial charge in [0.05, 0.1) is 18.6 Å². The smallest absolute Gasteiger partial charge is 0.333 e. The summed E-state index contributed by atoms with van der Waals surface area (Å²) in [6, 6.07) is 15.9. The Hall–Kier alpha value is -5.81. The molecule has 11 heteroatoms. The molecule has 0 heterocycles. The molecule has 2 N–H and O–H groups in total. The molecule has 1 fully saturated rings. The van der Waals surface area contributed by atoms with Crippen LogP contribution in [0.5, 0.6) is 5.75 Å². The lowest BCUT2D eigenvalue weighted by Crippen LogP contribution is -2.45. The van der Waals surface area contributed by atoms with Crippen molar-refractivity contribution in [2.75, 3.05) is 39.6 Å². The summed E-state index contributed by atoms with van der Waals surface area (Å²) in [4.78, 5) is 49.8. The number of ether oxygens (including phenoxy) is 5. The van der Waals surface area contributed by atoms with E-state index < -0.39 is 29.3 Å². The van der Waals surface area contributed by atoms with Crippen molar-refractivity contribution in [3.63, 3.8) is 0 Å². The maximum absolute atomic E-state index is 16.3. The summed E-state index contributed by atoms with van der Waals surface area (Å²) >= 11 is 0. The van der Waals surface area contributed by atoms with Gasteiger partial charge in [-0.2, -0.15) is 0 Å². The number of benzene rings is 3. The van der Waals surface area contributed by atoms with Gasteiger partial charge >= 0.3 is 23.9 Å². The average Bonchev–Trinajstić information content (AvgIpc) is 3.33. The van der Waals surface area contributed by atoms with E-state index in [0.717, 1.165) is 57.7 Å². The molecule has 0 aromatic heterocycles. The summed E-state index contributed by atoms with van der Waals surface area (Å²) in [7, 11) is 0. The molecule has 1 aliphatic carbocycles. The minimum Gasteiger partial charge on any atom is -0.492 e. The number of hydrogen-bond acceptors (Lipinski definition) is 10. The van der Waals surface area contributed by atoms with Crippen LogP contribution in [0, 0.1) is 17.2 Å². The minimum absolute atomic E-state index is 0.0825. The third kappa shape index (κ3) is 16.7. The van der Waals surface area contributed by atoms with Gasteiger partial charge in [-0.05, 0) is 154 Å². The van der Waals surface area contributed by atoms with Crippen LogP contribution in [-0.4, -0.2) is 63.5 Å². The number of aryl methyl sites for hydroxylation is 3. The molecule has 0 atom stereocenters. The van der Waals surface area contributed by atoms with Crippen molar-refractivity contribution in [2.45, 2.75) is 131 Å². The van der Waals surface area contributed by atoms with Crippen LogP contribution in [0.3, 0.4) is 0 Å². The number of carbonyl (C=O) groups is 4. The van der Waals surface area contributed by atoms with E-state index >= 15 is 4.39 Å². The van der Waals surface area contributed by atoms with E-state index in [1.807, 2.05) is 30.3 Å². The van der Waals surface area contributed by atoms with E-state index in [0.29, 0.717) is 60.5 Å². The summed E-state index contributed by atoms with van der Waals surface area (Å²) in [5.41, 5.74) is 13.0. The third-order valence-corrected chi connectivity index (χ3v) is 12.9. The van der Waals surface area contributed by atoms with Crippen LogP contribution in [0.4, 0.5) is 4.39 Å². The van der Waals surface area contributed by atoms with Crippen LogP contribution in [0.25, 0.3) is 22.3 Å². The van der Waals surface area contributed by atoms with Gasteiger partial charge in [0.15, 0.2) is 0 Å². The topological polar surface area (TPSA) is 140 Å². The second kappa shape index (κ2) is 27.4. The first-order valence-corrected chi connectivity index (χ1v) is 24.6. The molecule has 3 aromatic carbocycles. The second-order valence-electron chi connectivity index (χ2n) is 19.0. The molecule has 4 rings (SSSR count). The molecule has 10 nitrogen and oxygen atoms in total. The van der Waals surface area contributed by atoms with E-state index in [-0.39, 0.29) is 56.5 Å². The molecule has 69 heavy (non-hydrogen) atoms. The lowest BCUT2D eigenvalue weighted by Gasteiger charge is -2.32. The summed E-state index contributed by atoms with van der Waals surface area (Å²) in [5.74, 6) is -0.832. The molecule has 0 amide bonds. The fraction of sp³-hybridized carbons (Fsp3) is 0.483. The van der Waals surface area contributed by atoms with Gasteiger partial charge in [0.2, 0.25) is 0 Å². The van der Waals surface area contributed by atoms with Crippen LogP contribution >= 0.6 is 0 Å². The number of rotatable bonds is 28. The van der Waals surface area contributed by atoms with Gasteiger partial charge in [-0.1, -0.05) is 96.2 Å². The molecule has 0 radical (unpaired) electrons. The van der Waals surface area contributed by atoms with E-state index in [4.69, 9.17) is 29.4 Å². The van der Waals surface area contributed by atoms with E-state index in [9.17, 15) is 19.2 Å². The van der Waals surface area contributed by atoms with Gasteiger partial charge in [0.25, 0.3) is 0 Å². The van der Waals surface area contributed by atoms with Crippen LogP contribution in [-0.2, 0) is 57.4 Å². The molecule has 0 aliphatic heterocycles. The molecule has 0 spiro atoms. The van der Waals surface area contributed by atoms with Gasteiger partial charge in [-0.15, -0.1) is 0 Å². The third-order valence-electron chi connectivity index (χ3n) is 12.9. The van der Waals surface area contributed by atoms with E-state index in [1.54, 1.807) is 19.9 Å². The van der Waals surface area contributed by atoms with Crippen molar-refractivity contribution in [3.05, 3.63) is 125 Å². The molecular formula is C58H76FNO9. The lowest BCUT2D eigenvalue weighted by atomic mass is 9.77. The van der Waals surface area contributed by atoms with Gasteiger partial charge in [-0.3, -0.25) is 0 Å². The van der Waals surface area contributed by atoms with Crippen molar-refractivity contribution >= 4 is 23.9 Å². The number of hydrogen-bond donors (Lipinski definition) is 1. The van der Waals surface area contributed by atoms with Gasteiger partial charge in [0.1, 0.15) is 31.4 Å². The van der Waals surface area contributed by atoms with Gasteiger partial charge in [0, 0.05) is 34.4 Å². The van der Waals surface area contributed by atoms with Crippen molar-refractivity contribution in [3.8, 4) is 28.0 Å². The number of halogens is 1. The Morgan fingerprint density at radius 1 is 0.623 bits per heavy atom. The molecule has 1 aliphatic rings. The zero-order chi connectivity index (χ0) is 50.7. The second-order valence-corrected chi connectivity index (χ2v) is 19.0. The predicted octanol–water partition coefficient (Wildman–Crippen LogP) is 12.2. The summed E-state index contributed by atoms with van der Waals surface area (Å²) < 4.78 is 45.0. The average molecular weight is 950 g/mol. The Morgan fingerprint density at radius 2 is 1.17 bits per heavy atom. The molecule has 0 unspecified atom stereocenters. The zero-order valence-corrected chi connectivity index (χ0v) is 42.2. The van der Waals surface area contributed by atoms with Crippen molar-refractivity contribution in [1.82, 2.24) is 0 Å². The summed E-state index contributed by atoms with van der Waals surface area (Å²) in [5, 5.41) is 0. The quantitative estimate of drug-likeness (QED) is 0.0324.